The third-order valence-corrected chi connectivity index (χ3v) is 4.45. The number of ether oxygens (including phenoxy) is 1. The van der Waals surface area contributed by atoms with Gasteiger partial charge in [0, 0.05) is 13.1 Å². The van der Waals surface area contributed by atoms with Gasteiger partial charge >= 0.3 is 0 Å². The fourth-order valence-corrected chi connectivity index (χ4v) is 3.02. The number of morpholine rings is 1. The highest BCUT2D eigenvalue weighted by Crippen LogP contribution is 2.19. The Morgan fingerprint density at radius 2 is 2.65 bits per heavy atom. The molecule has 1 unspecified atom stereocenters. The highest BCUT2D eigenvalue weighted by molar-refractivity contribution is 8.01. The molecule has 0 aliphatic carbocycles. The molecular weight excluding hydrogens is 258 g/mol. The Balaban J connectivity index is 1.79. The topological polar surface area (TPSA) is 55.3 Å². The predicted molar refractivity (Wildman–Crippen MR) is 67.2 cm³/mol. The van der Waals surface area contributed by atoms with Crippen LogP contribution in [0.2, 0.25) is 0 Å². The van der Waals surface area contributed by atoms with Crippen molar-refractivity contribution in [3.05, 3.63) is 5.51 Å². The summed E-state index contributed by atoms with van der Waals surface area (Å²) >= 11 is 2.91. The number of aromatic nitrogens is 2. The molecule has 0 saturated carbocycles. The Kier molecular flexibility index (Phi) is 4.75. The minimum absolute atomic E-state index is 0.159. The number of nitrogens with zero attached hydrogens (tertiary/aromatic N) is 3. The third kappa shape index (κ3) is 3.65. The molecule has 0 N–H and O–H groups in total. The average molecular weight is 273 g/mol. The standard InChI is InChI=1S/C10H15N3O2S2/c1-2-8-5-13(3-4-15-8)9(14)6-16-10-12-11-7-17-10/h7-8H,2-6H2,1H3. The van der Waals surface area contributed by atoms with Crippen LogP contribution >= 0.6 is 23.1 Å². The van der Waals surface area contributed by atoms with E-state index in [9.17, 15) is 4.79 Å². The fourth-order valence-electron chi connectivity index (χ4n) is 1.63. The number of carbonyl (C=O) groups is 1. The van der Waals surface area contributed by atoms with Gasteiger partial charge in [-0.15, -0.1) is 10.2 Å². The van der Waals surface area contributed by atoms with Gasteiger partial charge in [0.25, 0.3) is 0 Å². The molecule has 1 atom stereocenters. The molecule has 0 bridgehead atoms. The van der Waals surface area contributed by atoms with E-state index in [1.807, 2.05) is 4.90 Å². The van der Waals surface area contributed by atoms with Crippen molar-refractivity contribution in [3.63, 3.8) is 0 Å². The van der Waals surface area contributed by atoms with E-state index in [0.29, 0.717) is 25.4 Å². The molecule has 2 heterocycles. The Labute approximate surface area is 109 Å². The van der Waals surface area contributed by atoms with Crippen molar-refractivity contribution in [2.24, 2.45) is 0 Å². The SMILES string of the molecule is CCC1CN(C(=O)CSc2nncs2)CCO1. The van der Waals surface area contributed by atoms with E-state index >= 15 is 0 Å². The molecule has 0 spiro atoms. The van der Waals surface area contributed by atoms with E-state index in [4.69, 9.17) is 4.74 Å². The highest BCUT2D eigenvalue weighted by atomic mass is 32.2. The molecule has 1 aliphatic rings. The van der Waals surface area contributed by atoms with Gasteiger partial charge in [0.2, 0.25) is 5.91 Å². The van der Waals surface area contributed by atoms with Gasteiger partial charge in [0.1, 0.15) is 5.51 Å². The summed E-state index contributed by atoms with van der Waals surface area (Å²) in [7, 11) is 0. The Bertz CT molecular complexity index is 358. The van der Waals surface area contributed by atoms with Crippen LogP contribution in [0.3, 0.4) is 0 Å². The van der Waals surface area contributed by atoms with Gasteiger partial charge in [-0.3, -0.25) is 4.79 Å². The first kappa shape index (κ1) is 12.8. The lowest BCUT2D eigenvalue weighted by atomic mass is 10.2. The molecule has 5 nitrogen and oxygen atoms in total. The first-order valence-corrected chi connectivity index (χ1v) is 7.44. The van der Waals surface area contributed by atoms with E-state index in [-0.39, 0.29) is 12.0 Å². The summed E-state index contributed by atoms with van der Waals surface area (Å²) in [6.45, 7) is 4.14. The maximum absolute atomic E-state index is 12.0. The van der Waals surface area contributed by atoms with Crippen LogP contribution in [0.25, 0.3) is 0 Å². The molecule has 1 aliphatic heterocycles. The number of hydrogen-bond donors (Lipinski definition) is 0. The van der Waals surface area contributed by atoms with Crippen molar-refractivity contribution in [2.75, 3.05) is 25.4 Å². The van der Waals surface area contributed by atoms with E-state index in [1.54, 1.807) is 5.51 Å². The van der Waals surface area contributed by atoms with Gasteiger partial charge in [-0.2, -0.15) is 0 Å². The van der Waals surface area contributed by atoms with Gasteiger partial charge < -0.3 is 9.64 Å². The molecule has 7 heteroatoms. The maximum Gasteiger partial charge on any atom is 0.233 e. The van der Waals surface area contributed by atoms with Crippen molar-refractivity contribution in [2.45, 2.75) is 23.8 Å². The fraction of sp³-hybridized carbons (Fsp3) is 0.700. The zero-order valence-corrected chi connectivity index (χ0v) is 11.3. The second kappa shape index (κ2) is 6.32. The summed E-state index contributed by atoms with van der Waals surface area (Å²) in [5.41, 5.74) is 1.68. The van der Waals surface area contributed by atoms with Crippen LogP contribution in [0.4, 0.5) is 0 Å². The van der Waals surface area contributed by atoms with Crippen molar-refractivity contribution >= 4 is 29.0 Å². The molecule has 0 radical (unpaired) electrons. The molecular formula is C10H15N3O2S2. The lowest BCUT2D eigenvalue weighted by Gasteiger charge is -2.32. The predicted octanol–water partition coefficient (Wildman–Crippen LogP) is 1.27. The van der Waals surface area contributed by atoms with Crippen molar-refractivity contribution < 1.29 is 9.53 Å². The zero-order chi connectivity index (χ0) is 12.1. The third-order valence-electron chi connectivity index (χ3n) is 2.61. The van der Waals surface area contributed by atoms with Gasteiger partial charge in [0.15, 0.2) is 4.34 Å². The molecule has 1 aromatic heterocycles. The summed E-state index contributed by atoms with van der Waals surface area (Å²) in [6, 6.07) is 0. The van der Waals surface area contributed by atoms with Crippen LogP contribution in [0.15, 0.2) is 9.85 Å². The van der Waals surface area contributed by atoms with Crippen molar-refractivity contribution in [1.82, 2.24) is 15.1 Å². The maximum atomic E-state index is 12.0. The quantitative estimate of drug-likeness (QED) is 0.773. The molecule has 94 valence electrons. The number of hydrogen-bond acceptors (Lipinski definition) is 6. The van der Waals surface area contributed by atoms with Crippen LogP contribution in [0, 0.1) is 0 Å². The molecule has 0 aromatic carbocycles. The number of rotatable bonds is 4. The first-order valence-electron chi connectivity index (χ1n) is 5.58. The minimum Gasteiger partial charge on any atom is -0.375 e. The molecule has 1 amide bonds. The van der Waals surface area contributed by atoms with Crippen molar-refractivity contribution in [1.29, 1.82) is 0 Å². The summed E-state index contributed by atoms with van der Waals surface area (Å²) < 4.78 is 6.38. The Morgan fingerprint density at radius 3 is 3.35 bits per heavy atom. The van der Waals surface area contributed by atoms with Gasteiger partial charge in [-0.1, -0.05) is 30.0 Å². The number of carbonyl (C=O) groups excluding carboxylic acids is 1. The summed E-state index contributed by atoms with van der Waals surface area (Å²) in [6.07, 6.45) is 1.15. The Morgan fingerprint density at radius 1 is 1.76 bits per heavy atom. The van der Waals surface area contributed by atoms with Gasteiger partial charge in [-0.25, -0.2) is 0 Å². The summed E-state index contributed by atoms with van der Waals surface area (Å²) in [4.78, 5) is 13.8. The van der Waals surface area contributed by atoms with E-state index < -0.39 is 0 Å². The Hall–Kier alpha value is -0.660. The average Bonchev–Trinajstić information content (AvgIpc) is 2.89. The van der Waals surface area contributed by atoms with Crippen LogP contribution in [0.5, 0.6) is 0 Å². The number of thioether (sulfide) groups is 1. The molecule has 17 heavy (non-hydrogen) atoms. The minimum atomic E-state index is 0.159. The molecule has 2 rings (SSSR count). The zero-order valence-electron chi connectivity index (χ0n) is 9.66. The molecule has 1 aromatic rings. The lowest BCUT2D eigenvalue weighted by molar-refractivity contribution is -0.135. The smallest absolute Gasteiger partial charge is 0.233 e. The molecule has 1 saturated heterocycles. The van der Waals surface area contributed by atoms with Crippen LogP contribution in [-0.2, 0) is 9.53 Å². The monoisotopic (exact) mass is 273 g/mol. The first-order chi connectivity index (χ1) is 8.29. The van der Waals surface area contributed by atoms with Gasteiger partial charge in [-0.05, 0) is 6.42 Å². The highest BCUT2D eigenvalue weighted by Gasteiger charge is 2.23. The largest absolute Gasteiger partial charge is 0.375 e. The summed E-state index contributed by atoms with van der Waals surface area (Å²) in [5.74, 6) is 0.595. The second-order valence-corrected chi connectivity index (χ2v) is 5.79. The van der Waals surface area contributed by atoms with E-state index in [0.717, 1.165) is 10.8 Å². The normalized spacial score (nSPS) is 20.5. The lowest BCUT2D eigenvalue weighted by Crippen LogP contribution is -2.46. The van der Waals surface area contributed by atoms with Gasteiger partial charge in [0.05, 0.1) is 18.5 Å². The van der Waals surface area contributed by atoms with Crippen LogP contribution in [0.1, 0.15) is 13.3 Å². The second-order valence-electron chi connectivity index (χ2n) is 3.73. The van der Waals surface area contributed by atoms with Crippen LogP contribution < -0.4 is 0 Å². The van der Waals surface area contributed by atoms with E-state index in [1.165, 1.54) is 23.1 Å². The van der Waals surface area contributed by atoms with Crippen LogP contribution in [-0.4, -0.2) is 52.6 Å². The van der Waals surface area contributed by atoms with E-state index in [2.05, 4.69) is 17.1 Å². The summed E-state index contributed by atoms with van der Waals surface area (Å²) in [5, 5.41) is 7.64. The van der Waals surface area contributed by atoms with Crippen molar-refractivity contribution in [3.8, 4) is 0 Å². The number of amides is 1. The molecule has 1 fully saturated rings.